The maximum Gasteiger partial charge on any atom is 0.335 e. The van der Waals surface area contributed by atoms with Crippen LogP contribution < -0.4 is 18.9 Å². The zero-order valence-corrected chi connectivity index (χ0v) is 36.4. The van der Waals surface area contributed by atoms with Crippen molar-refractivity contribution in [3.8, 4) is 45.3 Å². The minimum Gasteiger partial charge on any atom is -0.493 e. The van der Waals surface area contributed by atoms with Gasteiger partial charge in [-0.2, -0.15) is 0 Å². The molecule has 4 aromatic carbocycles. The summed E-state index contributed by atoms with van der Waals surface area (Å²) in [6, 6.07) is 17.9. The summed E-state index contributed by atoms with van der Waals surface area (Å²) in [6.45, 7) is 22.8. The summed E-state index contributed by atoms with van der Waals surface area (Å²) in [5.74, 6) is 3.52. The highest BCUT2D eigenvalue weighted by Crippen LogP contribution is 2.54. The molecule has 0 saturated heterocycles. The van der Waals surface area contributed by atoms with Gasteiger partial charge in [-0.3, -0.25) is 0 Å². The van der Waals surface area contributed by atoms with Crippen molar-refractivity contribution < 1.29 is 28.8 Å². The molecule has 0 aromatic heterocycles. The molecule has 0 fully saturated rings. The minimum absolute atomic E-state index is 0.288. The predicted molar refractivity (Wildman–Crippen MR) is 233 cm³/mol. The number of aromatic carboxylic acids is 1. The lowest BCUT2D eigenvalue weighted by atomic mass is 9.82. The molecule has 1 N–H and O–H groups in total. The van der Waals surface area contributed by atoms with Crippen LogP contribution in [-0.4, -0.2) is 24.3 Å². The predicted octanol–water partition coefficient (Wildman–Crippen LogP) is 13.9. The van der Waals surface area contributed by atoms with Gasteiger partial charge in [0.25, 0.3) is 0 Å². The molecule has 0 bridgehead atoms. The van der Waals surface area contributed by atoms with Gasteiger partial charge in [0.2, 0.25) is 0 Å². The van der Waals surface area contributed by atoms with Crippen LogP contribution in [0.25, 0.3) is 22.3 Å². The van der Waals surface area contributed by atoms with Crippen LogP contribution in [0, 0.1) is 5.92 Å². The van der Waals surface area contributed by atoms with Gasteiger partial charge in [0.05, 0.1) is 29.9 Å². The number of carboxylic acid groups (broad SMARTS) is 1. The van der Waals surface area contributed by atoms with E-state index in [2.05, 4.69) is 78.8 Å². The first-order valence-corrected chi connectivity index (χ1v) is 21.3. The average molecular weight is 793 g/mol. The summed E-state index contributed by atoms with van der Waals surface area (Å²) in [6.07, 6.45) is 10.1. The van der Waals surface area contributed by atoms with Crippen LogP contribution >= 0.6 is 11.6 Å². The van der Waals surface area contributed by atoms with Crippen LogP contribution in [0.1, 0.15) is 145 Å². The van der Waals surface area contributed by atoms with Crippen molar-refractivity contribution in [3.63, 3.8) is 0 Å². The van der Waals surface area contributed by atoms with E-state index in [9.17, 15) is 9.90 Å². The first-order valence-electron chi connectivity index (χ1n) is 20.9. The number of allylic oxidation sites excluding steroid dienone is 2. The second-order valence-electron chi connectivity index (χ2n) is 17.2. The second kappa shape index (κ2) is 17.2. The molecule has 3 aliphatic rings. The maximum atomic E-state index is 11.5. The molecule has 3 heterocycles. The minimum atomic E-state index is -0.919. The van der Waals surface area contributed by atoms with Crippen LogP contribution in [0.2, 0.25) is 5.02 Å². The van der Waals surface area contributed by atoms with E-state index in [1.54, 1.807) is 12.1 Å². The normalized spacial score (nSPS) is 16.0. The van der Waals surface area contributed by atoms with E-state index >= 15 is 0 Å². The summed E-state index contributed by atoms with van der Waals surface area (Å²) in [4.78, 5) is 11.5. The molecular weight excluding hydrogens is 732 g/mol. The lowest BCUT2D eigenvalue weighted by Gasteiger charge is -2.36. The number of aryl methyl sites for hydroxylation is 1. The molecule has 7 heteroatoms. The number of benzene rings is 4. The molecule has 7 rings (SSSR count). The van der Waals surface area contributed by atoms with Gasteiger partial charge in [-0.1, -0.05) is 69.0 Å². The van der Waals surface area contributed by atoms with E-state index in [0.29, 0.717) is 25.0 Å². The van der Waals surface area contributed by atoms with Gasteiger partial charge in [-0.05, 0) is 151 Å². The highest BCUT2D eigenvalue weighted by atomic mass is 35.5. The monoisotopic (exact) mass is 792 g/mol. The molecule has 3 aliphatic heterocycles. The number of halogens is 1. The van der Waals surface area contributed by atoms with E-state index in [1.165, 1.54) is 35.1 Å². The van der Waals surface area contributed by atoms with Crippen molar-refractivity contribution in [3.05, 3.63) is 105 Å². The summed E-state index contributed by atoms with van der Waals surface area (Å²) >= 11 is 6.37. The first-order chi connectivity index (χ1) is 27.1. The largest absolute Gasteiger partial charge is 0.493 e. The number of hydrogen-bond acceptors (Lipinski definition) is 5. The Morgan fingerprint density at radius 2 is 1.56 bits per heavy atom. The fourth-order valence-corrected chi connectivity index (χ4v) is 8.73. The lowest BCUT2D eigenvalue weighted by Crippen LogP contribution is -2.29. The van der Waals surface area contributed by atoms with Crippen LogP contribution in [-0.2, 0) is 24.0 Å². The maximum absolute atomic E-state index is 11.5. The molecular formula is C50H61ClO6. The van der Waals surface area contributed by atoms with Gasteiger partial charge in [-0.25, -0.2) is 4.79 Å². The van der Waals surface area contributed by atoms with Gasteiger partial charge >= 0.3 is 5.97 Å². The molecule has 304 valence electrons. The molecule has 0 saturated carbocycles. The Hall–Kier alpha value is -4.42. The summed E-state index contributed by atoms with van der Waals surface area (Å²) in [5, 5.41) is 10.2. The molecule has 2 unspecified atom stereocenters. The molecule has 0 radical (unpaired) electrons. The summed E-state index contributed by atoms with van der Waals surface area (Å²) in [7, 11) is 0. The lowest BCUT2D eigenvalue weighted by molar-refractivity contribution is 0.0695. The highest BCUT2D eigenvalue weighted by Gasteiger charge is 2.38. The van der Waals surface area contributed by atoms with Gasteiger partial charge in [-0.15, -0.1) is 0 Å². The van der Waals surface area contributed by atoms with Crippen molar-refractivity contribution in [2.75, 3.05) is 13.2 Å². The Kier molecular flexibility index (Phi) is 12.7. The van der Waals surface area contributed by atoms with E-state index in [0.717, 1.165) is 93.5 Å². The number of carbonyl (C=O) groups is 1. The average Bonchev–Trinajstić information content (AvgIpc) is 3.64. The van der Waals surface area contributed by atoms with Crippen molar-refractivity contribution >= 4 is 17.6 Å². The summed E-state index contributed by atoms with van der Waals surface area (Å²) in [5.41, 5.74) is 10.7. The number of unbranched alkanes of at least 4 members (excludes halogenated alkanes) is 2. The molecule has 57 heavy (non-hydrogen) atoms. The zero-order valence-electron chi connectivity index (χ0n) is 35.7. The molecule has 0 amide bonds. The summed E-state index contributed by atoms with van der Waals surface area (Å²) < 4.78 is 25.1. The van der Waals surface area contributed by atoms with E-state index < -0.39 is 17.2 Å². The van der Waals surface area contributed by atoms with Crippen LogP contribution in [0.15, 0.2) is 66.2 Å². The Balaban J connectivity index is 0.000000194. The third-order valence-corrected chi connectivity index (χ3v) is 12.1. The van der Waals surface area contributed by atoms with Gasteiger partial charge in [0.1, 0.15) is 34.2 Å². The van der Waals surface area contributed by atoms with Crippen LogP contribution in [0.5, 0.6) is 23.0 Å². The molecule has 4 aromatic rings. The third kappa shape index (κ3) is 8.87. The standard InChI is InChI=1S/C27H35ClO2.C23H26O4/c1-8-29-24-14-20(19(5)18(4)11-9-10-17(2)3)15-25-26(24)22-16-21(28)12-13-23(22)27(6,7)30-25;1-4-5-6-7-14-13-19-20(21-16(14)10-11-26-21)17-12-15(22(24)25)8-9-18(17)23(2,3)27-19/h10,12-16,18-19H,8-9,11H2,1-7H3;8-9,12-13H,4-7,10-11H2,1-3H3,(H,24,25). The number of ether oxygens (including phenoxy) is 4. The van der Waals surface area contributed by atoms with Gasteiger partial charge in [0, 0.05) is 28.1 Å². The Morgan fingerprint density at radius 1 is 0.895 bits per heavy atom. The zero-order chi connectivity index (χ0) is 41.2. The SMILES string of the molecule is CCCCCc1cc2c(c3c1CCO3)-c1cc(C(=O)O)ccc1C(C)(C)O2.CCOc1cc(C(C)C(C)CCC=C(C)C)cc2c1-c1cc(Cl)ccc1C(C)(C)O2. The Labute approximate surface area is 345 Å². The number of hydrogen-bond donors (Lipinski definition) is 1. The number of fused-ring (bicyclic) bond motifs is 8. The van der Waals surface area contributed by atoms with E-state index in [-0.39, 0.29) is 5.56 Å². The molecule has 0 spiro atoms. The van der Waals surface area contributed by atoms with Crippen LogP contribution in [0.4, 0.5) is 0 Å². The molecule has 2 atom stereocenters. The first kappa shape index (κ1) is 42.2. The van der Waals surface area contributed by atoms with Crippen molar-refractivity contribution in [2.45, 2.75) is 131 Å². The van der Waals surface area contributed by atoms with Crippen molar-refractivity contribution in [1.82, 2.24) is 0 Å². The highest BCUT2D eigenvalue weighted by molar-refractivity contribution is 6.31. The van der Waals surface area contributed by atoms with E-state index in [1.807, 2.05) is 39.0 Å². The van der Waals surface area contributed by atoms with Crippen molar-refractivity contribution in [1.29, 1.82) is 0 Å². The Morgan fingerprint density at radius 3 is 2.21 bits per heavy atom. The fourth-order valence-electron chi connectivity index (χ4n) is 8.56. The second-order valence-corrected chi connectivity index (χ2v) is 17.6. The number of rotatable bonds is 12. The van der Waals surface area contributed by atoms with Gasteiger partial charge < -0.3 is 24.1 Å². The third-order valence-electron chi connectivity index (χ3n) is 11.8. The number of carboxylic acids is 1. The Bertz CT molecular complexity index is 2160. The van der Waals surface area contributed by atoms with Gasteiger partial charge in [0.15, 0.2) is 0 Å². The van der Waals surface area contributed by atoms with Crippen LogP contribution in [0.3, 0.4) is 0 Å². The fraction of sp³-hybridized carbons (Fsp3) is 0.460. The quantitative estimate of drug-likeness (QED) is 0.114. The molecule has 6 nitrogen and oxygen atoms in total. The smallest absolute Gasteiger partial charge is 0.335 e. The van der Waals surface area contributed by atoms with Crippen molar-refractivity contribution in [2.24, 2.45) is 5.92 Å². The topological polar surface area (TPSA) is 74.2 Å². The molecule has 0 aliphatic carbocycles. The van der Waals surface area contributed by atoms with E-state index in [4.69, 9.17) is 30.5 Å².